The molecule has 7 nitrogen and oxygen atoms in total. The number of benzene rings is 1. The number of sulfonamides is 1. The first-order chi connectivity index (χ1) is 11.2. The van der Waals surface area contributed by atoms with Crippen molar-refractivity contribution < 1.29 is 13.2 Å². The molecule has 1 amide bonds. The van der Waals surface area contributed by atoms with Crippen LogP contribution in [0.4, 0.5) is 0 Å². The Hall–Kier alpha value is -2.22. The minimum absolute atomic E-state index is 0.105. The first-order valence-electron chi connectivity index (χ1n) is 7.69. The first-order valence-corrected chi connectivity index (χ1v) is 9.17. The van der Waals surface area contributed by atoms with E-state index in [1.54, 1.807) is 0 Å². The third kappa shape index (κ3) is 4.89. The Labute approximate surface area is 141 Å². The molecule has 0 fully saturated rings. The van der Waals surface area contributed by atoms with Crippen LogP contribution in [0.15, 0.2) is 35.7 Å². The standard InChI is InChI=1S/C16H22N4O3S/c1-16(2,3)13-9-7-12(8-10-13)5-4-6-14(21)20-24(22,23)15-17-11-18-19-15/h7-11H,4-6H2,1-3H3,(H,20,21)(H,17,18,19). The summed E-state index contributed by atoms with van der Waals surface area (Å²) in [6.45, 7) is 6.46. The molecular formula is C16H22N4O3S. The molecule has 0 atom stereocenters. The molecule has 0 saturated carbocycles. The normalized spacial score (nSPS) is 12.1. The molecule has 0 aliphatic carbocycles. The molecule has 8 heteroatoms. The van der Waals surface area contributed by atoms with E-state index in [0.29, 0.717) is 12.8 Å². The molecule has 0 spiro atoms. The van der Waals surface area contributed by atoms with Gasteiger partial charge in [0.15, 0.2) is 0 Å². The SMILES string of the molecule is CC(C)(C)c1ccc(CCCC(=O)NS(=O)(=O)c2ncn[nH]2)cc1. The average molecular weight is 350 g/mol. The summed E-state index contributed by atoms with van der Waals surface area (Å²) >= 11 is 0. The summed E-state index contributed by atoms with van der Waals surface area (Å²) in [6, 6.07) is 8.26. The molecule has 24 heavy (non-hydrogen) atoms. The van der Waals surface area contributed by atoms with Crippen molar-refractivity contribution >= 4 is 15.9 Å². The smallest absolute Gasteiger partial charge is 0.274 e. The van der Waals surface area contributed by atoms with Gasteiger partial charge in [0, 0.05) is 6.42 Å². The van der Waals surface area contributed by atoms with Gasteiger partial charge in [-0.15, -0.1) is 0 Å². The maximum atomic E-state index is 11.8. The van der Waals surface area contributed by atoms with E-state index in [4.69, 9.17) is 0 Å². The second-order valence-electron chi connectivity index (χ2n) is 6.62. The number of amides is 1. The number of nitrogens with one attached hydrogen (secondary N) is 2. The van der Waals surface area contributed by atoms with Crippen LogP contribution in [0.1, 0.15) is 44.7 Å². The second kappa shape index (κ2) is 7.12. The Bertz CT molecular complexity index is 776. The van der Waals surface area contributed by atoms with Crippen molar-refractivity contribution in [3.63, 3.8) is 0 Å². The maximum Gasteiger partial charge on any atom is 0.299 e. The Morgan fingerprint density at radius 3 is 2.42 bits per heavy atom. The fourth-order valence-electron chi connectivity index (χ4n) is 2.20. The van der Waals surface area contributed by atoms with Crippen molar-refractivity contribution in [2.45, 2.75) is 50.6 Å². The molecule has 130 valence electrons. The lowest BCUT2D eigenvalue weighted by Crippen LogP contribution is -2.31. The van der Waals surface area contributed by atoms with Crippen LogP contribution in [-0.2, 0) is 26.7 Å². The van der Waals surface area contributed by atoms with Crippen molar-refractivity contribution in [1.29, 1.82) is 0 Å². The van der Waals surface area contributed by atoms with E-state index in [1.807, 2.05) is 16.9 Å². The van der Waals surface area contributed by atoms with Gasteiger partial charge in [-0.1, -0.05) is 45.0 Å². The highest BCUT2D eigenvalue weighted by molar-refractivity contribution is 7.89. The van der Waals surface area contributed by atoms with Gasteiger partial charge in [0.25, 0.3) is 15.2 Å². The molecule has 0 bridgehead atoms. The summed E-state index contributed by atoms with van der Waals surface area (Å²) < 4.78 is 25.6. The minimum atomic E-state index is -3.96. The van der Waals surface area contributed by atoms with Crippen LogP contribution in [-0.4, -0.2) is 29.5 Å². The lowest BCUT2D eigenvalue weighted by Gasteiger charge is -2.19. The highest BCUT2D eigenvalue weighted by Crippen LogP contribution is 2.22. The van der Waals surface area contributed by atoms with Gasteiger partial charge in [0.1, 0.15) is 6.33 Å². The molecule has 0 aliphatic heterocycles. The Kier molecular flexibility index (Phi) is 5.38. The lowest BCUT2D eigenvalue weighted by molar-refractivity contribution is -0.119. The van der Waals surface area contributed by atoms with Gasteiger partial charge in [-0.3, -0.25) is 4.79 Å². The largest absolute Gasteiger partial charge is 0.299 e. The number of carbonyl (C=O) groups is 1. The third-order valence-electron chi connectivity index (χ3n) is 3.58. The quantitative estimate of drug-likeness (QED) is 0.828. The predicted octanol–water partition coefficient (Wildman–Crippen LogP) is 1.93. The summed E-state index contributed by atoms with van der Waals surface area (Å²) in [5, 5.41) is 5.31. The molecule has 2 aromatic rings. The van der Waals surface area contributed by atoms with E-state index in [2.05, 4.69) is 48.1 Å². The monoisotopic (exact) mass is 350 g/mol. The third-order valence-corrected chi connectivity index (χ3v) is 4.79. The topological polar surface area (TPSA) is 105 Å². The minimum Gasteiger partial charge on any atom is -0.274 e. The fraction of sp³-hybridized carbons (Fsp3) is 0.438. The summed E-state index contributed by atoms with van der Waals surface area (Å²) in [6.07, 6.45) is 2.46. The molecule has 0 saturated heterocycles. The van der Waals surface area contributed by atoms with E-state index >= 15 is 0 Å². The molecule has 0 radical (unpaired) electrons. The molecule has 1 aromatic heterocycles. The number of H-pyrrole nitrogens is 1. The van der Waals surface area contributed by atoms with Gasteiger partial charge in [0.2, 0.25) is 5.91 Å². The van der Waals surface area contributed by atoms with E-state index in [1.165, 1.54) is 5.56 Å². The number of hydrogen-bond acceptors (Lipinski definition) is 5. The van der Waals surface area contributed by atoms with Crippen LogP contribution >= 0.6 is 0 Å². The Morgan fingerprint density at radius 1 is 1.21 bits per heavy atom. The van der Waals surface area contributed by atoms with Crippen LogP contribution in [0.25, 0.3) is 0 Å². The van der Waals surface area contributed by atoms with Crippen molar-refractivity contribution in [3.8, 4) is 0 Å². The van der Waals surface area contributed by atoms with Crippen molar-refractivity contribution in [2.24, 2.45) is 0 Å². The second-order valence-corrected chi connectivity index (χ2v) is 8.22. The van der Waals surface area contributed by atoms with Gasteiger partial charge in [-0.05, 0) is 29.4 Å². The van der Waals surface area contributed by atoms with Crippen LogP contribution < -0.4 is 4.72 Å². The molecule has 0 unspecified atom stereocenters. The van der Waals surface area contributed by atoms with Crippen molar-refractivity contribution in [2.75, 3.05) is 0 Å². The van der Waals surface area contributed by atoms with Gasteiger partial charge in [-0.2, -0.15) is 13.5 Å². The molecule has 1 aromatic carbocycles. The van der Waals surface area contributed by atoms with E-state index < -0.39 is 15.9 Å². The van der Waals surface area contributed by atoms with E-state index in [-0.39, 0.29) is 17.0 Å². The highest BCUT2D eigenvalue weighted by atomic mass is 32.2. The van der Waals surface area contributed by atoms with Crippen molar-refractivity contribution in [1.82, 2.24) is 19.9 Å². The molecule has 2 N–H and O–H groups in total. The lowest BCUT2D eigenvalue weighted by atomic mass is 9.86. The molecular weight excluding hydrogens is 328 g/mol. The average Bonchev–Trinajstić information content (AvgIpc) is 3.01. The molecule has 1 heterocycles. The van der Waals surface area contributed by atoms with Gasteiger partial charge in [0.05, 0.1) is 0 Å². The van der Waals surface area contributed by atoms with Crippen LogP contribution in [0.5, 0.6) is 0 Å². The first kappa shape index (κ1) is 18.1. The predicted molar refractivity (Wildman–Crippen MR) is 89.8 cm³/mol. The number of hydrogen-bond donors (Lipinski definition) is 2. The number of carbonyl (C=O) groups excluding carboxylic acids is 1. The molecule has 0 aliphatic rings. The van der Waals surface area contributed by atoms with Gasteiger partial charge in [-0.25, -0.2) is 14.8 Å². The van der Waals surface area contributed by atoms with E-state index in [0.717, 1.165) is 11.9 Å². The summed E-state index contributed by atoms with van der Waals surface area (Å²) in [4.78, 5) is 15.3. The summed E-state index contributed by atoms with van der Waals surface area (Å²) in [5.41, 5.74) is 2.48. The van der Waals surface area contributed by atoms with Gasteiger partial charge < -0.3 is 0 Å². The number of aromatic amines is 1. The Balaban J connectivity index is 1.83. The maximum absolute atomic E-state index is 11.8. The van der Waals surface area contributed by atoms with Crippen molar-refractivity contribution in [3.05, 3.63) is 41.7 Å². The Morgan fingerprint density at radius 2 is 1.88 bits per heavy atom. The number of nitrogens with zero attached hydrogens (tertiary/aromatic N) is 2. The highest BCUT2D eigenvalue weighted by Gasteiger charge is 2.20. The van der Waals surface area contributed by atoms with Crippen LogP contribution in [0, 0.1) is 0 Å². The van der Waals surface area contributed by atoms with Gasteiger partial charge >= 0.3 is 0 Å². The summed E-state index contributed by atoms with van der Waals surface area (Å²) in [7, 11) is -3.96. The zero-order chi connectivity index (χ0) is 17.8. The molecule has 2 rings (SSSR count). The van der Waals surface area contributed by atoms with Crippen LogP contribution in [0.2, 0.25) is 0 Å². The fourth-order valence-corrected chi connectivity index (χ4v) is 3.05. The zero-order valence-electron chi connectivity index (χ0n) is 14.0. The van der Waals surface area contributed by atoms with Crippen LogP contribution in [0.3, 0.4) is 0 Å². The zero-order valence-corrected chi connectivity index (χ0v) is 14.9. The number of aromatic nitrogens is 3. The number of rotatable bonds is 6. The number of aryl methyl sites for hydroxylation is 1. The summed E-state index contributed by atoms with van der Waals surface area (Å²) in [5.74, 6) is -0.558. The van der Waals surface area contributed by atoms with E-state index in [9.17, 15) is 13.2 Å².